The van der Waals surface area contributed by atoms with E-state index in [4.69, 9.17) is 4.74 Å². The standard InChI is InChI=1S/C17H13BrFNO4/c1-10(21)11-3-2-4-13(7-11)20-16(22)9-24-17(23)14-6-5-12(18)8-15(14)19/h2-8H,9H2,1H3,(H,20,22). The molecule has 5 nitrogen and oxygen atoms in total. The molecule has 0 aliphatic carbocycles. The molecule has 2 aromatic rings. The van der Waals surface area contributed by atoms with Gasteiger partial charge in [-0.3, -0.25) is 9.59 Å². The molecule has 0 spiro atoms. The van der Waals surface area contributed by atoms with Gasteiger partial charge in [-0.15, -0.1) is 0 Å². The van der Waals surface area contributed by atoms with Crippen LogP contribution in [0.25, 0.3) is 0 Å². The van der Waals surface area contributed by atoms with Crippen LogP contribution in [0.3, 0.4) is 0 Å². The molecule has 0 radical (unpaired) electrons. The van der Waals surface area contributed by atoms with Crippen molar-refractivity contribution in [3.8, 4) is 0 Å². The van der Waals surface area contributed by atoms with Crippen LogP contribution >= 0.6 is 15.9 Å². The lowest BCUT2D eigenvalue weighted by atomic mass is 10.1. The van der Waals surface area contributed by atoms with E-state index in [1.807, 2.05) is 0 Å². The molecule has 1 N–H and O–H groups in total. The predicted molar refractivity (Wildman–Crippen MR) is 89.5 cm³/mol. The highest BCUT2D eigenvalue weighted by Crippen LogP contribution is 2.16. The zero-order chi connectivity index (χ0) is 17.7. The van der Waals surface area contributed by atoms with Gasteiger partial charge in [0.05, 0.1) is 5.56 Å². The maximum Gasteiger partial charge on any atom is 0.341 e. The zero-order valence-corrected chi connectivity index (χ0v) is 14.2. The van der Waals surface area contributed by atoms with Crippen molar-refractivity contribution >= 4 is 39.3 Å². The quantitative estimate of drug-likeness (QED) is 0.622. The zero-order valence-electron chi connectivity index (χ0n) is 12.6. The Morgan fingerprint density at radius 1 is 1.17 bits per heavy atom. The van der Waals surface area contributed by atoms with E-state index in [2.05, 4.69) is 21.2 Å². The first-order valence-corrected chi connectivity index (χ1v) is 7.69. The Balaban J connectivity index is 1.94. The van der Waals surface area contributed by atoms with E-state index >= 15 is 0 Å². The van der Waals surface area contributed by atoms with Gasteiger partial charge in [0, 0.05) is 15.7 Å². The van der Waals surface area contributed by atoms with Crippen molar-refractivity contribution < 1.29 is 23.5 Å². The molecule has 2 rings (SSSR count). The third kappa shape index (κ3) is 4.73. The molecule has 0 bridgehead atoms. The number of ketones is 1. The van der Waals surface area contributed by atoms with Gasteiger partial charge in [-0.2, -0.15) is 0 Å². The monoisotopic (exact) mass is 393 g/mol. The molecule has 7 heteroatoms. The van der Waals surface area contributed by atoms with Gasteiger partial charge in [-0.1, -0.05) is 28.1 Å². The third-order valence-electron chi connectivity index (χ3n) is 3.04. The Morgan fingerprint density at radius 2 is 1.92 bits per heavy atom. The van der Waals surface area contributed by atoms with Gasteiger partial charge < -0.3 is 10.1 Å². The van der Waals surface area contributed by atoms with Crippen LogP contribution in [0, 0.1) is 5.82 Å². The van der Waals surface area contributed by atoms with E-state index in [1.54, 1.807) is 18.2 Å². The van der Waals surface area contributed by atoms with E-state index in [0.29, 0.717) is 15.7 Å². The van der Waals surface area contributed by atoms with Gasteiger partial charge >= 0.3 is 5.97 Å². The number of halogens is 2. The smallest absolute Gasteiger partial charge is 0.341 e. The maximum atomic E-state index is 13.6. The van der Waals surface area contributed by atoms with Crippen LogP contribution < -0.4 is 5.32 Å². The summed E-state index contributed by atoms with van der Waals surface area (Å²) >= 11 is 3.08. The van der Waals surface area contributed by atoms with Crippen LogP contribution in [0.5, 0.6) is 0 Å². The number of amides is 1. The Labute approximate surface area is 145 Å². The van der Waals surface area contributed by atoms with Crippen LogP contribution in [-0.2, 0) is 9.53 Å². The Kier molecular flexibility index (Phi) is 5.81. The maximum absolute atomic E-state index is 13.6. The Hall–Kier alpha value is -2.54. The summed E-state index contributed by atoms with van der Waals surface area (Å²) in [5.74, 6) is -2.42. The van der Waals surface area contributed by atoms with Gasteiger partial charge in [0.25, 0.3) is 5.91 Å². The van der Waals surface area contributed by atoms with Gasteiger partial charge in [0.1, 0.15) is 5.82 Å². The van der Waals surface area contributed by atoms with Crippen LogP contribution in [0.4, 0.5) is 10.1 Å². The van der Waals surface area contributed by atoms with Crippen LogP contribution in [0.2, 0.25) is 0 Å². The molecule has 2 aromatic carbocycles. The normalized spacial score (nSPS) is 10.1. The van der Waals surface area contributed by atoms with Crippen molar-refractivity contribution in [2.24, 2.45) is 0 Å². The van der Waals surface area contributed by atoms with Gasteiger partial charge in [-0.25, -0.2) is 9.18 Å². The molecule has 0 aromatic heterocycles. The molecule has 24 heavy (non-hydrogen) atoms. The number of anilines is 1. The fraction of sp³-hybridized carbons (Fsp3) is 0.118. The van der Waals surface area contributed by atoms with E-state index < -0.39 is 24.3 Å². The average molecular weight is 394 g/mol. The Bertz CT molecular complexity index is 807. The largest absolute Gasteiger partial charge is 0.452 e. The minimum atomic E-state index is -0.937. The summed E-state index contributed by atoms with van der Waals surface area (Å²) in [5, 5.41) is 2.50. The topological polar surface area (TPSA) is 72.5 Å². The van der Waals surface area contributed by atoms with Crippen molar-refractivity contribution in [2.45, 2.75) is 6.92 Å². The highest BCUT2D eigenvalue weighted by atomic mass is 79.9. The molecule has 1 amide bonds. The first kappa shape index (κ1) is 17.8. The SMILES string of the molecule is CC(=O)c1cccc(NC(=O)COC(=O)c2ccc(Br)cc2F)c1. The van der Waals surface area contributed by atoms with Crippen LogP contribution in [-0.4, -0.2) is 24.3 Å². The Morgan fingerprint density at radius 3 is 2.58 bits per heavy atom. The van der Waals surface area contributed by atoms with Crippen molar-refractivity contribution in [1.82, 2.24) is 0 Å². The fourth-order valence-corrected chi connectivity index (χ4v) is 2.21. The minimum Gasteiger partial charge on any atom is -0.452 e. The summed E-state index contributed by atoms with van der Waals surface area (Å²) in [6, 6.07) is 10.2. The molecule has 0 aliphatic rings. The minimum absolute atomic E-state index is 0.136. The average Bonchev–Trinajstić information content (AvgIpc) is 2.53. The number of esters is 1. The molecular weight excluding hydrogens is 381 g/mol. The van der Waals surface area contributed by atoms with Crippen molar-refractivity contribution in [1.29, 1.82) is 0 Å². The third-order valence-corrected chi connectivity index (χ3v) is 3.53. The van der Waals surface area contributed by atoms with E-state index in [9.17, 15) is 18.8 Å². The number of rotatable bonds is 5. The van der Waals surface area contributed by atoms with Crippen molar-refractivity contribution in [3.63, 3.8) is 0 Å². The summed E-state index contributed by atoms with van der Waals surface area (Å²) in [5.41, 5.74) is 0.588. The van der Waals surface area contributed by atoms with Gasteiger partial charge in [0.2, 0.25) is 0 Å². The number of hydrogen-bond donors (Lipinski definition) is 1. The van der Waals surface area contributed by atoms with E-state index in [0.717, 1.165) is 6.07 Å². The number of Topliss-reactive ketones (excluding diaryl/α,β-unsaturated/α-hetero) is 1. The highest BCUT2D eigenvalue weighted by Gasteiger charge is 2.15. The number of carbonyl (C=O) groups excluding carboxylic acids is 3. The number of ether oxygens (including phenoxy) is 1. The molecule has 0 atom stereocenters. The summed E-state index contributed by atoms with van der Waals surface area (Å²) in [6.45, 7) is 0.841. The summed E-state index contributed by atoms with van der Waals surface area (Å²) in [6.07, 6.45) is 0. The highest BCUT2D eigenvalue weighted by molar-refractivity contribution is 9.10. The van der Waals surface area contributed by atoms with Crippen molar-refractivity contribution in [2.75, 3.05) is 11.9 Å². The second-order valence-electron chi connectivity index (χ2n) is 4.89. The lowest BCUT2D eigenvalue weighted by Crippen LogP contribution is -2.21. The number of hydrogen-bond acceptors (Lipinski definition) is 4. The lowest BCUT2D eigenvalue weighted by molar-refractivity contribution is -0.119. The molecule has 0 saturated carbocycles. The van der Waals surface area contributed by atoms with Crippen LogP contribution in [0.15, 0.2) is 46.9 Å². The number of benzene rings is 2. The molecule has 0 unspecified atom stereocenters. The number of nitrogens with one attached hydrogen (secondary N) is 1. The molecule has 0 heterocycles. The summed E-state index contributed by atoms with van der Waals surface area (Å²) in [7, 11) is 0. The first-order chi connectivity index (χ1) is 11.4. The van der Waals surface area contributed by atoms with Crippen LogP contribution in [0.1, 0.15) is 27.6 Å². The molecule has 124 valence electrons. The van der Waals surface area contributed by atoms with E-state index in [-0.39, 0.29) is 11.3 Å². The predicted octanol–water partition coefficient (Wildman–Crippen LogP) is 3.59. The molecule has 0 aliphatic heterocycles. The molecule has 0 saturated heterocycles. The summed E-state index contributed by atoms with van der Waals surface area (Å²) in [4.78, 5) is 34.9. The molecule has 0 fully saturated rings. The second kappa shape index (κ2) is 7.83. The summed E-state index contributed by atoms with van der Waals surface area (Å²) < 4.78 is 18.9. The second-order valence-corrected chi connectivity index (χ2v) is 5.80. The molecular formula is C17H13BrFNO4. The first-order valence-electron chi connectivity index (χ1n) is 6.90. The van der Waals surface area contributed by atoms with Gasteiger partial charge in [-0.05, 0) is 37.3 Å². The number of carbonyl (C=O) groups is 3. The van der Waals surface area contributed by atoms with Crippen molar-refractivity contribution in [3.05, 3.63) is 63.9 Å². The lowest BCUT2D eigenvalue weighted by Gasteiger charge is -2.08. The van der Waals surface area contributed by atoms with E-state index in [1.165, 1.54) is 25.1 Å². The van der Waals surface area contributed by atoms with Gasteiger partial charge in [0.15, 0.2) is 12.4 Å². The fourth-order valence-electron chi connectivity index (χ4n) is 1.88.